The van der Waals surface area contributed by atoms with E-state index in [2.05, 4.69) is 5.32 Å². The van der Waals surface area contributed by atoms with Crippen molar-refractivity contribution in [3.63, 3.8) is 0 Å². The summed E-state index contributed by atoms with van der Waals surface area (Å²) in [6.07, 6.45) is 2.40. The first-order chi connectivity index (χ1) is 9.58. The molecule has 1 saturated carbocycles. The molecular weight excluding hydrogens is 254 g/mol. The second kappa shape index (κ2) is 6.75. The molecule has 0 saturated heterocycles. The van der Waals surface area contributed by atoms with Crippen molar-refractivity contribution in [3.8, 4) is 0 Å². The van der Waals surface area contributed by atoms with Gasteiger partial charge >= 0.3 is 5.97 Å². The number of rotatable bonds is 6. The third-order valence-corrected chi connectivity index (χ3v) is 3.33. The number of esters is 1. The average Bonchev–Trinajstić information content (AvgIpc) is 2.36. The fourth-order valence-electron chi connectivity index (χ4n) is 2.28. The Morgan fingerprint density at radius 3 is 2.50 bits per heavy atom. The molecule has 0 unspecified atom stereocenters. The first-order valence-electron chi connectivity index (χ1n) is 7.27. The first-order valence-corrected chi connectivity index (χ1v) is 7.27. The van der Waals surface area contributed by atoms with E-state index in [0.717, 1.165) is 25.1 Å². The van der Waals surface area contributed by atoms with Crippen LogP contribution in [0.25, 0.3) is 0 Å². The molecule has 1 aromatic rings. The van der Waals surface area contributed by atoms with E-state index in [9.17, 15) is 4.79 Å². The van der Waals surface area contributed by atoms with E-state index in [1.165, 1.54) is 0 Å². The number of anilines is 1. The number of nitrogens with one attached hydrogen (secondary N) is 1. The van der Waals surface area contributed by atoms with Crippen molar-refractivity contribution in [2.24, 2.45) is 0 Å². The van der Waals surface area contributed by atoms with Crippen molar-refractivity contribution in [1.82, 2.24) is 0 Å². The van der Waals surface area contributed by atoms with Crippen LogP contribution in [-0.4, -0.2) is 30.8 Å². The van der Waals surface area contributed by atoms with Gasteiger partial charge in [-0.15, -0.1) is 0 Å². The highest BCUT2D eigenvalue weighted by molar-refractivity contribution is 5.89. The molecule has 0 spiro atoms. The second-order valence-electron chi connectivity index (χ2n) is 5.42. The molecule has 2 rings (SSSR count). The number of ether oxygens (including phenoxy) is 2. The third-order valence-electron chi connectivity index (χ3n) is 3.33. The summed E-state index contributed by atoms with van der Waals surface area (Å²) in [6.45, 7) is 6.50. The van der Waals surface area contributed by atoms with Crippen LogP contribution in [0.5, 0.6) is 0 Å². The summed E-state index contributed by atoms with van der Waals surface area (Å²) in [5.41, 5.74) is 1.62. The van der Waals surface area contributed by atoms with E-state index in [-0.39, 0.29) is 12.1 Å². The molecule has 4 heteroatoms. The Hall–Kier alpha value is -1.55. The van der Waals surface area contributed by atoms with Gasteiger partial charge in [-0.05, 0) is 57.9 Å². The molecule has 110 valence electrons. The first kappa shape index (κ1) is 14.9. The zero-order valence-corrected chi connectivity index (χ0v) is 12.4. The maximum absolute atomic E-state index is 11.7. The molecule has 4 nitrogen and oxygen atoms in total. The molecule has 0 heterocycles. The molecule has 0 amide bonds. The van der Waals surface area contributed by atoms with Gasteiger partial charge < -0.3 is 14.8 Å². The summed E-state index contributed by atoms with van der Waals surface area (Å²) in [4.78, 5) is 11.7. The standard InChI is InChI=1S/C16H23NO3/c1-4-19-15-9-14(10-15)17-13-7-5-12(6-8-13)16(18)20-11(2)3/h5-8,11,14-15,17H,4,9-10H2,1-3H3. The monoisotopic (exact) mass is 277 g/mol. The van der Waals surface area contributed by atoms with Gasteiger partial charge in [0.05, 0.1) is 17.8 Å². The van der Waals surface area contributed by atoms with Gasteiger partial charge in [0.25, 0.3) is 0 Å². The summed E-state index contributed by atoms with van der Waals surface area (Å²) in [5, 5.41) is 3.44. The average molecular weight is 277 g/mol. The van der Waals surface area contributed by atoms with Crippen LogP contribution < -0.4 is 5.32 Å². The fourth-order valence-corrected chi connectivity index (χ4v) is 2.28. The lowest BCUT2D eigenvalue weighted by atomic mass is 9.89. The quantitative estimate of drug-likeness (QED) is 0.811. The van der Waals surface area contributed by atoms with Crippen LogP contribution >= 0.6 is 0 Å². The molecule has 0 radical (unpaired) electrons. The van der Waals surface area contributed by atoms with E-state index in [0.29, 0.717) is 17.7 Å². The SMILES string of the molecule is CCOC1CC(Nc2ccc(C(=O)OC(C)C)cc2)C1. The predicted molar refractivity (Wildman–Crippen MR) is 79.1 cm³/mol. The molecule has 1 aliphatic carbocycles. The number of carbonyl (C=O) groups excluding carboxylic acids is 1. The Balaban J connectivity index is 1.82. The lowest BCUT2D eigenvalue weighted by molar-refractivity contribution is 0.00299. The van der Waals surface area contributed by atoms with E-state index in [1.807, 2.05) is 32.9 Å². The topological polar surface area (TPSA) is 47.6 Å². The van der Waals surface area contributed by atoms with Crippen molar-refractivity contribution in [2.75, 3.05) is 11.9 Å². The fraction of sp³-hybridized carbons (Fsp3) is 0.562. The Labute approximate surface area is 120 Å². The molecule has 0 aromatic heterocycles. The van der Waals surface area contributed by atoms with Crippen molar-refractivity contribution in [3.05, 3.63) is 29.8 Å². The summed E-state index contributed by atoms with van der Waals surface area (Å²) in [6, 6.07) is 7.91. The molecule has 1 aliphatic rings. The number of benzene rings is 1. The van der Waals surface area contributed by atoms with Crippen LogP contribution in [0.2, 0.25) is 0 Å². The normalized spacial score (nSPS) is 21.4. The minimum Gasteiger partial charge on any atom is -0.459 e. The molecule has 1 N–H and O–H groups in total. The highest BCUT2D eigenvalue weighted by Crippen LogP contribution is 2.26. The van der Waals surface area contributed by atoms with Gasteiger partial charge in [-0.1, -0.05) is 0 Å². The number of hydrogen-bond donors (Lipinski definition) is 1. The van der Waals surface area contributed by atoms with Gasteiger partial charge in [0, 0.05) is 18.3 Å². The van der Waals surface area contributed by atoms with Crippen LogP contribution in [0.3, 0.4) is 0 Å². The molecule has 0 atom stereocenters. The number of carbonyl (C=O) groups is 1. The summed E-state index contributed by atoms with van der Waals surface area (Å²) >= 11 is 0. The summed E-state index contributed by atoms with van der Waals surface area (Å²) in [5.74, 6) is -0.272. The lowest BCUT2D eigenvalue weighted by Crippen LogP contribution is -2.40. The van der Waals surface area contributed by atoms with E-state index >= 15 is 0 Å². The van der Waals surface area contributed by atoms with Crippen LogP contribution in [0.15, 0.2) is 24.3 Å². The van der Waals surface area contributed by atoms with Crippen molar-refractivity contribution in [1.29, 1.82) is 0 Å². The highest BCUT2D eigenvalue weighted by atomic mass is 16.5. The smallest absolute Gasteiger partial charge is 0.338 e. The van der Waals surface area contributed by atoms with E-state index < -0.39 is 0 Å². The molecule has 20 heavy (non-hydrogen) atoms. The van der Waals surface area contributed by atoms with Crippen molar-refractivity contribution < 1.29 is 14.3 Å². The molecular formula is C16H23NO3. The number of hydrogen-bond acceptors (Lipinski definition) is 4. The minimum absolute atomic E-state index is 0.0919. The van der Waals surface area contributed by atoms with Gasteiger partial charge in [-0.25, -0.2) is 4.79 Å². The maximum Gasteiger partial charge on any atom is 0.338 e. The third kappa shape index (κ3) is 3.97. The van der Waals surface area contributed by atoms with Crippen LogP contribution in [0.4, 0.5) is 5.69 Å². The predicted octanol–water partition coefficient (Wildman–Crippen LogP) is 3.23. The van der Waals surface area contributed by atoms with Crippen molar-refractivity contribution >= 4 is 11.7 Å². The zero-order valence-electron chi connectivity index (χ0n) is 12.4. The lowest BCUT2D eigenvalue weighted by Gasteiger charge is -2.36. The Bertz CT molecular complexity index is 436. The molecule has 0 aliphatic heterocycles. The summed E-state index contributed by atoms with van der Waals surface area (Å²) in [7, 11) is 0. The van der Waals surface area contributed by atoms with E-state index in [4.69, 9.17) is 9.47 Å². The van der Waals surface area contributed by atoms with Gasteiger partial charge in [0.1, 0.15) is 0 Å². The van der Waals surface area contributed by atoms with Gasteiger partial charge in [-0.2, -0.15) is 0 Å². The van der Waals surface area contributed by atoms with Crippen LogP contribution in [-0.2, 0) is 9.47 Å². The van der Waals surface area contributed by atoms with E-state index in [1.54, 1.807) is 12.1 Å². The molecule has 1 aromatic carbocycles. The Morgan fingerprint density at radius 2 is 1.95 bits per heavy atom. The zero-order chi connectivity index (χ0) is 14.5. The second-order valence-corrected chi connectivity index (χ2v) is 5.42. The highest BCUT2D eigenvalue weighted by Gasteiger charge is 2.29. The van der Waals surface area contributed by atoms with Crippen LogP contribution in [0.1, 0.15) is 44.0 Å². The van der Waals surface area contributed by atoms with Gasteiger partial charge in [0.2, 0.25) is 0 Å². The molecule has 0 bridgehead atoms. The van der Waals surface area contributed by atoms with Gasteiger partial charge in [0.15, 0.2) is 0 Å². The van der Waals surface area contributed by atoms with Gasteiger partial charge in [-0.3, -0.25) is 0 Å². The van der Waals surface area contributed by atoms with Crippen molar-refractivity contribution in [2.45, 2.75) is 51.9 Å². The Kier molecular flexibility index (Phi) is 5.01. The minimum atomic E-state index is -0.272. The Morgan fingerprint density at radius 1 is 1.30 bits per heavy atom. The molecule has 1 fully saturated rings. The largest absolute Gasteiger partial charge is 0.459 e. The maximum atomic E-state index is 11.7. The van der Waals surface area contributed by atoms with Crippen LogP contribution in [0, 0.1) is 0 Å². The summed E-state index contributed by atoms with van der Waals surface area (Å²) < 4.78 is 10.7.